The number of carboxylic acid groups (broad SMARTS) is 1. The Bertz CT molecular complexity index is 711. The lowest BCUT2D eigenvalue weighted by atomic mass is 9.98. The minimum atomic E-state index is -3.30. The van der Waals surface area contributed by atoms with Crippen LogP contribution in [0.4, 0.5) is 0 Å². The highest BCUT2D eigenvalue weighted by Crippen LogP contribution is 2.24. The smallest absolute Gasteiger partial charge is 0.325 e. The summed E-state index contributed by atoms with van der Waals surface area (Å²) in [5.41, 5.74) is 0.723. The summed E-state index contributed by atoms with van der Waals surface area (Å²) in [6.45, 7) is 2.96. The highest BCUT2D eigenvalue weighted by atomic mass is 32.2. The van der Waals surface area contributed by atoms with Crippen LogP contribution in [0.3, 0.4) is 0 Å². The van der Waals surface area contributed by atoms with Gasteiger partial charge in [0.1, 0.15) is 6.04 Å². The third-order valence-electron chi connectivity index (χ3n) is 5.51. The number of hydrogen-bond acceptors (Lipinski definition) is 5. The zero-order valence-corrected chi connectivity index (χ0v) is 16.3. The first kappa shape index (κ1) is 20.3. The second-order valence-electron chi connectivity index (χ2n) is 7.25. The van der Waals surface area contributed by atoms with Crippen LogP contribution < -0.4 is 0 Å². The quantitative estimate of drug-likeness (QED) is 0.753. The highest BCUT2D eigenvalue weighted by Gasteiger charge is 2.33. The number of nitrogens with zero attached hydrogens (tertiary/aromatic N) is 2. The Morgan fingerprint density at radius 2 is 1.74 bits per heavy atom. The summed E-state index contributed by atoms with van der Waals surface area (Å²) in [5, 5.41) is 9.65. The molecule has 8 heteroatoms. The number of hydrogen-bond donors (Lipinski definition) is 1. The van der Waals surface area contributed by atoms with Crippen molar-refractivity contribution in [1.82, 2.24) is 9.21 Å². The van der Waals surface area contributed by atoms with Crippen molar-refractivity contribution < 1.29 is 23.1 Å². The monoisotopic (exact) mass is 396 g/mol. The Morgan fingerprint density at radius 3 is 2.33 bits per heavy atom. The van der Waals surface area contributed by atoms with Crippen LogP contribution in [-0.2, 0) is 19.6 Å². The molecular weight excluding hydrogens is 368 g/mol. The number of sulfonamides is 1. The lowest BCUT2D eigenvalue weighted by Gasteiger charge is -2.37. The van der Waals surface area contributed by atoms with Crippen LogP contribution in [0.2, 0.25) is 0 Å². The Labute approximate surface area is 161 Å². The normalized spacial score (nSPS) is 21.8. The first-order chi connectivity index (χ1) is 13.0. The molecule has 1 aromatic rings. The Kier molecular flexibility index (Phi) is 6.86. The number of carbonyl (C=O) groups is 1. The lowest BCUT2D eigenvalue weighted by Crippen LogP contribution is -2.51. The van der Waals surface area contributed by atoms with Crippen LogP contribution in [0, 0.1) is 5.92 Å². The summed E-state index contributed by atoms with van der Waals surface area (Å²) in [5.74, 6) is -0.320. The van der Waals surface area contributed by atoms with Gasteiger partial charge < -0.3 is 9.84 Å². The number of aliphatic carboxylic acids is 1. The molecule has 2 aliphatic heterocycles. The Hall–Kier alpha value is -1.48. The van der Waals surface area contributed by atoms with Crippen molar-refractivity contribution in [2.75, 3.05) is 45.1 Å². The van der Waals surface area contributed by atoms with E-state index in [9.17, 15) is 18.3 Å². The summed E-state index contributed by atoms with van der Waals surface area (Å²) in [6, 6.07) is 8.36. The van der Waals surface area contributed by atoms with E-state index >= 15 is 0 Å². The van der Waals surface area contributed by atoms with E-state index < -0.39 is 22.0 Å². The minimum Gasteiger partial charge on any atom is -0.480 e. The van der Waals surface area contributed by atoms with Crippen molar-refractivity contribution in [1.29, 1.82) is 0 Å². The fourth-order valence-corrected chi connectivity index (χ4v) is 5.47. The van der Waals surface area contributed by atoms with Gasteiger partial charge in [-0.15, -0.1) is 0 Å². The van der Waals surface area contributed by atoms with E-state index in [-0.39, 0.29) is 5.75 Å². The van der Waals surface area contributed by atoms with E-state index in [0.29, 0.717) is 38.5 Å². The van der Waals surface area contributed by atoms with E-state index in [2.05, 4.69) is 0 Å². The number of rotatable bonds is 7. The van der Waals surface area contributed by atoms with Crippen molar-refractivity contribution >= 4 is 16.0 Å². The lowest BCUT2D eigenvalue weighted by molar-refractivity contribution is -0.144. The molecule has 1 unspecified atom stereocenters. The fraction of sp³-hybridized carbons (Fsp3) is 0.632. The van der Waals surface area contributed by atoms with E-state index in [1.807, 2.05) is 23.1 Å². The van der Waals surface area contributed by atoms with Gasteiger partial charge in [0.25, 0.3) is 0 Å². The molecule has 2 fully saturated rings. The van der Waals surface area contributed by atoms with Crippen LogP contribution in [0.15, 0.2) is 30.3 Å². The van der Waals surface area contributed by atoms with Gasteiger partial charge in [-0.3, -0.25) is 9.69 Å². The van der Waals surface area contributed by atoms with Gasteiger partial charge in [-0.1, -0.05) is 30.3 Å². The average molecular weight is 397 g/mol. The van der Waals surface area contributed by atoms with Crippen molar-refractivity contribution in [3.8, 4) is 0 Å². The second-order valence-corrected chi connectivity index (χ2v) is 9.34. The molecule has 0 aromatic heterocycles. The maximum Gasteiger partial charge on any atom is 0.325 e. The summed E-state index contributed by atoms with van der Waals surface area (Å²) >= 11 is 0. The molecule has 1 aromatic carbocycles. The largest absolute Gasteiger partial charge is 0.480 e. The molecule has 150 valence electrons. The predicted molar refractivity (Wildman–Crippen MR) is 102 cm³/mol. The predicted octanol–water partition coefficient (Wildman–Crippen LogP) is 1.58. The molecule has 2 aliphatic rings. The highest BCUT2D eigenvalue weighted by molar-refractivity contribution is 7.89. The van der Waals surface area contributed by atoms with Crippen molar-refractivity contribution in [3.63, 3.8) is 0 Å². The maximum absolute atomic E-state index is 12.7. The zero-order valence-electron chi connectivity index (χ0n) is 15.5. The molecule has 0 aliphatic carbocycles. The number of carboxylic acids is 1. The number of benzene rings is 1. The van der Waals surface area contributed by atoms with Crippen LogP contribution in [0.25, 0.3) is 0 Å². The number of piperazine rings is 1. The standard InChI is InChI=1S/C19H28N2O5S/c22-19(23)18(17-4-2-1-3-5-17)20-9-11-21(12-10-20)27(24,25)15-8-16-6-13-26-14-7-16/h1-5,16,18H,6-15H2,(H,22,23). The molecule has 0 radical (unpaired) electrons. The first-order valence-electron chi connectivity index (χ1n) is 9.55. The first-order valence-corrected chi connectivity index (χ1v) is 11.2. The van der Waals surface area contributed by atoms with Crippen LogP contribution in [0.5, 0.6) is 0 Å². The number of ether oxygens (including phenoxy) is 1. The van der Waals surface area contributed by atoms with Gasteiger partial charge in [0.2, 0.25) is 10.0 Å². The van der Waals surface area contributed by atoms with E-state index in [0.717, 1.165) is 31.6 Å². The summed E-state index contributed by atoms with van der Waals surface area (Å²) in [7, 11) is -3.30. The molecule has 1 atom stereocenters. The molecule has 0 saturated carbocycles. The van der Waals surface area contributed by atoms with Gasteiger partial charge in [0, 0.05) is 39.4 Å². The average Bonchev–Trinajstić information content (AvgIpc) is 2.68. The Balaban J connectivity index is 1.56. The molecule has 7 nitrogen and oxygen atoms in total. The summed E-state index contributed by atoms with van der Waals surface area (Å²) in [4.78, 5) is 13.6. The topological polar surface area (TPSA) is 87.2 Å². The molecule has 1 N–H and O–H groups in total. The molecule has 0 amide bonds. The SMILES string of the molecule is O=C(O)C(c1ccccc1)N1CCN(S(=O)(=O)CCC2CCOCC2)CC1. The van der Waals surface area contributed by atoms with Gasteiger partial charge in [0.15, 0.2) is 0 Å². The second kappa shape index (κ2) is 9.14. The van der Waals surface area contributed by atoms with E-state index in [4.69, 9.17) is 4.74 Å². The van der Waals surface area contributed by atoms with Gasteiger partial charge in [-0.2, -0.15) is 4.31 Å². The molecule has 0 bridgehead atoms. The van der Waals surface area contributed by atoms with Gasteiger partial charge in [-0.25, -0.2) is 8.42 Å². The van der Waals surface area contributed by atoms with Crippen molar-refractivity contribution in [2.45, 2.75) is 25.3 Å². The van der Waals surface area contributed by atoms with Gasteiger partial charge in [-0.05, 0) is 30.7 Å². The van der Waals surface area contributed by atoms with E-state index in [1.165, 1.54) is 4.31 Å². The molecule has 2 saturated heterocycles. The minimum absolute atomic E-state index is 0.165. The van der Waals surface area contributed by atoms with Crippen LogP contribution in [0.1, 0.15) is 30.9 Å². The van der Waals surface area contributed by atoms with Crippen molar-refractivity contribution in [2.24, 2.45) is 5.92 Å². The van der Waals surface area contributed by atoms with Crippen LogP contribution >= 0.6 is 0 Å². The molecule has 27 heavy (non-hydrogen) atoms. The van der Waals surface area contributed by atoms with Gasteiger partial charge >= 0.3 is 5.97 Å². The Morgan fingerprint density at radius 1 is 1.11 bits per heavy atom. The summed E-state index contributed by atoms with van der Waals surface area (Å²) < 4.78 is 32.2. The zero-order chi connectivity index (χ0) is 19.3. The molecule has 3 rings (SSSR count). The molecule has 0 spiro atoms. The van der Waals surface area contributed by atoms with Crippen molar-refractivity contribution in [3.05, 3.63) is 35.9 Å². The van der Waals surface area contributed by atoms with E-state index in [1.54, 1.807) is 12.1 Å². The third-order valence-corrected chi connectivity index (χ3v) is 7.41. The molecule has 2 heterocycles. The fourth-order valence-electron chi connectivity index (χ4n) is 3.86. The third kappa shape index (κ3) is 5.28. The summed E-state index contributed by atoms with van der Waals surface area (Å²) in [6.07, 6.45) is 2.54. The maximum atomic E-state index is 12.7. The van der Waals surface area contributed by atoms with Gasteiger partial charge in [0.05, 0.1) is 5.75 Å². The molecular formula is C19H28N2O5S. The van der Waals surface area contributed by atoms with Crippen LogP contribution in [-0.4, -0.2) is 73.8 Å².